The van der Waals surface area contributed by atoms with Crippen LogP contribution < -0.4 is 28.6 Å². The SMILES string of the molecule is COc1cc(/C=C/C(=O)C2CCC/C(=C\c3ccc(OCCNCl)c(OC)c3)C2=O)ccc1OCCNCl. The monoisotopic (exact) mass is 562 g/mol. The van der Waals surface area contributed by atoms with Gasteiger partial charge in [-0.2, -0.15) is 0 Å². The molecule has 0 spiro atoms. The molecular weight excluding hydrogens is 531 g/mol. The van der Waals surface area contributed by atoms with E-state index in [1.165, 1.54) is 6.08 Å². The van der Waals surface area contributed by atoms with Crippen LogP contribution in [0.1, 0.15) is 30.4 Å². The van der Waals surface area contributed by atoms with Crippen LogP contribution in [0.5, 0.6) is 23.0 Å². The number of allylic oxidation sites excluding steroid dienone is 2. The van der Waals surface area contributed by atoms with E-state index in [4.69, 9.17) is 42.5 Å². The van der Waals surface area contributed by atoms with Crippen molar-refractivity contribution in [1.82, 2.24) is 9.67 Å². The van der Waals surface area contributed by atoms with Gasteiger partial charge in [0.05, 0.1) is 20.1 Å². The summed E-state index contributed by atoms with van der Waals surface area (Å²) in [5.41, 5.74) is 2.18. The van der Waals surface area contributed by atoms with Gasteiger partial charge in [-0.25, -0.2) is 9.67 Å². The Morgan fingerprint density at radius 1 is 0.921 bits per heavy atom. The molecule has 2 aromatic rings. The van der Waals surface area contributed by atoms with E-state index < -0.39 is 5.92 Å². The van der Waals surface area contributed by atoms with Crippen molar-refractivity contribution in [3.63, 3.8) is 0 Å². The summed E-state index contributed by atoms with van der Waals surface area (Å²) in [6.07, 6.45) is 6.86. The zero-order valence-corrected chi connectivity index (χ0v) is 22.9. The fourth-order valence-electron chi connectivity index (χ4n) is 4.08. The van der Waals surface area contributed by atoms with E-state index >= 15 is 0 Å². The predicted octanol–water partition coefficient (Wildman–Crippen LogP) is 4.98. The number of methoxy groups -OCH3 is 2. The number of rotatable bonds is 14. The zero-order valence-electron chi connectivity index (χ0n) is 21.4. The van der Waals surface area contributed by atoms with Crippen molar-refractivity contribution in [1.29, 1.82) is 0 Å². The van der Waals surface area contributed by atoms with Crippen molar-refractivity contribution in [2.75, 3.05) is 40.5 Å². The van der Waals surface area contributed by atoms with Crippen molar-refractivity contribution >= 4 is 47.3 Å². The van der Waals surface area contributed by atoms with Crippen LogP contribution in [0, 0.1) is 5.92 Å². The van der Waals surface area contributed by atoms with Gasteiger partial charge >= 0.3 is 0 Å². The molecule has 2 N–H and O–H groups in total. The Morgan fingerprint density at radius 2 is 1.50 bits per heavy atom. The van der Waals surface area contributed by atoms with Gasteiger partial charge in [-0.1, -0.05) is 18.2 Å². The number of ether oxygens (including phenoxy) is 4. The molecule has 1 unspecified atom stereocenters. The van der Waals surface area contributed by atoms with E-state index in [0.29, 0.717) is 67.7 Å². The molecule has 38 heavy (non-hydrogen) atoms. The van der Waals surface area contributed by atoms with Gasteiger partial charge in [0.15, 0.2) is 34.6 Å². The largest absolute Gasteiger partial charge is 0.493 e. The molecule has 1 aliphatic rings. The molecular formula is C28H32Cl2N2O6. The molecule has 0 heterocycles. The Hall–Kier alpha value is -3.04. The van der Waals surface area contributed by atoms with Gasteiger partial charge in [0.25, 0.3) is 0 Å². The molecule has 1 fully saturated rings. The normalized spacial score (nSPS) is 16.6. The molecule has 0 radical (unpaired) electrons. The van der Waals surface area contributed by atoms with Crippen molar-refractivity contribution in [3.05, 3.63) is 59.2 Å². The summed E-state index contributed by atoms with van der Waals surface area (Å²) >= 11 is 10.9. The van der Waals surface area contributed by atoms with Gasteiger partial charge in [-0.15, -0.1) is 0 Å². The van der Waals surface area contributed by atoms with Crippen molar-refractivity contribution in [2.45, 2.75) is 19.3 Å². The summed E-state index contributed by atoms with van der Waals surface area (Å²) in [6.45, 7) is 1.72. The molecule has 0 amide bonds. The van der Waals surface area contributed by atoms with Crippen LogP contribution in [0.4, 0.5) is 0 Å². The highest BCUT2D eigenvalue weighted by Gasteiger charge is 2.30. The standard InChI is InChI=1S/C28H32Cl2N2O6/c1-35-26-17-19(7-10-24(26)37-14-12-31-29)6-9-23(33)22-5-3-4-21(28(22)34)16-20-8-11-25(27(18-20)36-2)38-15-13-32-30/h6-11,16-18,22,31-32H,3-5,12-15H2,1-2H3/b9-6+,21-16+. The number of nitrogens with one attached hydrogen (secondary N) is 2. The Kier molecular flexibility index (Phi) is 12.0. The Bertz CT molecular complexity index is 1170. The Labute approximate surface area is 233 Å². The van der Waals surface area contributed by atoms with E-state index in [9.17, 15) is 9.59 Å². The van der Waals surface area contributed by atoms with E-state index in [-0.39, 0.29) is 11.6 Å². The van der Waals surface area contributed by atoms with Crippen molar-refractivity contribution < 1.29 is 28.5 Å². The molecule has 204 valence electrons. The van der Waals surface area contributed by atoms with Crippen LogP contribution in [0.3, 0.4) is 0 Å². The number of benzene rings is 2. The number of ketones is 2. The Morgan fingerprint density at radius 3 is 2.08 bits per heavy atom. The number of carbonyl (C=O) groups excluding carboxylic acids is 2. The van der Waals surface area contributed by atoms with Crippen molar-refractivity contribution in [2.24, 2.45) is 5.92 Å². The second-order valence-electron chi connectivity index (χ2n) is 8.50. The highest BCUT2D eigenvalue weighted by Crippen LogP contribution is 2.32. The van der Waals surface area contributed by atoms with E-state index in [0.717, 1.165) is 17.5 Å². The van der Waals surface area contributed by atoms with Gasteiger partial charge < -0.3 is 18.9 Å². The number of halogens is 2. The number of Topliss-reactive ketones (excluding diaryl/α,β-unsaturated/α-hetero) is 1. The summed E-state index contributed by atoms with van der Waals surface area (Å²) in [4.78, 5) is 31.2. The maximum absolute atomic E-state index is 13.2. The van der Waals surface area contributed by atoms with Crippen LogP contribution >= 0.6 is 23.6 Å². The van der Waals surface area contributed by atoms with Crippen LogP contribution in [0.2, 0.25) is 0 Å². The maximum atomic E-state index is 13.2. The van der Waals surface area contributed by atoms with Crippen LogP contribution in [-0.2, 0) is 9.59 Å². The first kappa shape index (κ1) is 29.5. The molecule has 1 saturated carbocycles. The minimum Gasteiger partial charge on any atom is -0.493 e. The number of hydrogen-bond acceptors (Lipinski definition) is 8. The third-order valence-electron chi connectivity index (χ3n) is 5.98. The molecule has 2 aromatic carbocycles. The van der Waals surface area contributed by atoms with Crippen LogP contribution in [0.25, 0.3) is 12.2 Å². The number of carbonyl (C=O) groups is 2. The first-order valence-corrected chi connectivity index (χ1v) is 13.0. The minimum absolute atomic E-state index is 0.146. The average molecular weight is 563 g/mol. The third kappa shape index (κ3) is 8.23. The van der Waals surface area contributed by atoms with Crippen molar-refractivity contribution in [3.8, 4) is 23.0 Å². The summed E-state index contributed by atoms with van der Waals surface area (Å²) in [7, 11) is 3.10. The number of hydrogen-bond donors (Lipinski definition) is 2. The van der Waals surface area contributed by atoms with Gasteiger partial charge in [-0.05, 0) is 95.9 Å². The van der Waals surface area contributed by atoms with E-state index in [2.05, 4.69) is 9.67 Å². The summed E-state index contributed by atoms with van der Waals surface area (Å²) < 4.78 is 22.1. The summed E-state index contributed by atoms with van der Waals surface area (Å²) in [5, 5.41) is 0. The quantitative estimate of drug-likeness (QED) is 0.144. The highest BCUT2D eigenvalue weighted by molar-refractivity contribution is 6.16. The van der Waals surface area contributed by atoms with E-state index in [1.54, 1.807) is 38.5 Å². The van der Waals surface area contributed by atoms with Gasteiger partial charge in [-0.3, -0.25) is 9.59 Å². The first-order valence-electron chi connectivity index (χ1n) is 12.3. The molecule has 10 heteroatoms. The fourth-order valence-corrected chi connectivity index (χ4v) is 4.24. The second-order valence-corrected chi connectivity index (χ2v) is 9.03. The predicted molar refractivity (Wildman–Crippen MR) is 149 cm³/mol. The topological polar surface area (TPSA) is 95.1 Å². The third-order valence-corrected chi connectivity index (χ3v) is 6.36. The molecule has 3 rings (SSSR count). The lowest BCUT2D eigenvalue weighted by atomic mass is 9.81. The first-order chi connectivity index (χ1) is 18.5. The smallest absolute Gasteiger partial charge is 0.169 e. The molecule has 8 nitrogen and oxygen atoms in total. The highest BCUT2D eigenvalue weighted by atomic mass is 35.5. The zero-order chi connectivity index (χ0) is 27.3. The molecule has 1 aliphatic carbocycles. The minimum atomic E-state index is -0.702. The van der Waals surface area contributed by atoms with Crippen LogP contribution in [0.15, 0.2) is 48.0 Å². The molecule has 0 aromatic heterocycles. The average Bonchev–Trinajstić information content (AvgIpc) is 2.94. The summed E-state index contributed by atoms with van der Waals surface area (Å²) in [5.74, 6) is 1.18. The lowest BCUT2D eigenvalue weighted by Gasteiger charge is -2.21. The van der Waals surface area contributed by atoms with Crippen LogP contribution in [-0.4, -0.2) is 52.1 Å². The van der Waals surface area contributed by atoms with Gasteiger partial charge in [0.1, 0.15) is 13.2 Å². The molecule has 1 atom stereocenters. The molecule has 0 aliphatic heterocycles. The Balaban J connectivity index is 1.69. The maximum Gasteiger partial charge on any atom is 0.169 e. The second kappa shape index (κ2) is 15.4. The van der Waals surface area contributed by atoms with E-state index in [1.807, 2.05) is 24.3 Å². The lowest BCUT2D eigenvalue weighted by molar-refractivity contribution is -0.129. The van der Waals surface area contributed by atoms with Gasteiger partial charge in [0, 0.05) is 13.1 Å². The fraction of sp³-hybridized carbons (Fsp3) is 0.357. The van der Waals surface area contributed by atoms with Gasteiger partial charge in [0.2, 0.25) is 0 Å². The molecule has 0 bridgehead atoms. The summed E-state index contributed by atoms with van der Waals surface area (Å²) in [6, 6.07) is 10.8. The molecule has 0 saturated heterocycles. The lowest BCUT2D eigenvalue weighted by Crippen LogP contribution is -2.27.